The van der Waals surface area contributed by atoms with Gasteiger partial charge in [0.1, 0.15) is 5.76 Å². The standard InChI is InChI=1S/C16H19NO3/c1-12(15-8-5-9-20-15)17-11-14-7-4-3-6-13(14)10-16(18)19-2/h3-9,12,17H,10-11H2,1-2H3/t12-/m1/s1. The van der Waals surface area contributed by atoms with E-state index in [1.54, 1.807) is 6.26 Å². The van der Waals surface area contributed by atoms with Gasteiger partial charge < -0.3 is 14.5 Å². The lowest BCUT2D eigenvalue weighted by atomic mass is 10.0. The van der Waals surface area contributed by atoms with Gasteiger partial charge in [-0.3, -0.25) is 4.79 Å². The van der Waals surface area contributed by atoms with E-state index in [0.29, 0.717) is 13.0 Å². The van der Waals surface area contributed by atoms with E-state index in [4.69, 9.17) is 9.15 Å². The SMILES string of the molecule is COC(=O)Cc1ccccc1CN[C@H](C)c1ccco1. The molecule has 106 valence electrons. The number of methoxy groups -OCH3 is 1. The molecule has 0 saturated heterocycles. The van der Waals surface area contributed by atoms with E-state index < -0.39 is 0 Å². The van der Waals surface area contributed by atoms with Crippen molar-refractivity contribution in [2.24, 2.45) is 0 Å². The number of esters is 1. The minimum atomic E-state index is -0.225. The minimum absolute atomic E-state index is 0.121. The van der Waals surface area contributed by atoms with Crippen LogP contribution < -0.4 is 5.32 Å². The highest BCUT2D eigenvalue weighted by Crippen LogP contribution is 2.15. The van der Waals surface area contributed by atoms with Gasteiger partial charge in [0, 0.05) is 6.54 Å². The zero-order chi connectivity index (χ0) is 14.4. The van der Waals surface area contributed by atoms with Gasteiger partial charge in [-0.05, 0) is 30.2 Å². The zero-order valence-electron chi connectivity index (χ0n) is 11.8. The molecular weight excluding hydrogens is 254 g/mol. The summed E-state index contributed by atoms with van der Waals surface area (Å²) < 4.78 is 10.1. The first-order chi connectivity index (χ1) is 9.70. The van der Waals surface area contributed by atoms with Crippen LogP contribution in [0.3, 0.4) is 0 Å². The molecule has 0 aliphatic rings. The Morgan fingerprint density at radius 3 is 2.65 bits per heavy atom. The Morgan fingerprint density at radius 1 is 1.25 bits per heavy atom. The van der Waals surface area contributed by atoms with Crippen molar-refractivity contribution < 1.29 is 13.9 Å². The lowest BCUT2D eigenvalue weighted by Gasteiger charge is -2.13. The van der Waals surface area contributed by atoms with Gasteiger partial charge in [-0.2, -0.15) is 0 Å². The van der Waals surface area contributed by atoms with Gasteiger partial charge in [-0.1, -0.05) is 24.3 Å². The second-order valence-electron chi connectivity index (χ2n) is 4.64. The van der Waals surface area contributed by atoms with E-state index in [0.717, 1.165) is 16.9 Å². The summed E-state index contributed by atoms with van der Waals surface area (Å²) in [5, 5.41) is 3.39. The van der Waals surface area contributed by atoms with E-state index >= 15 is 0 Å². The molecule has 0 amide bonds. The van der Waals surface area contributed by atoms with Gasteiger partial charge in [0.15, 0.2) is 0 Å². The molecule has 0 saturated carbocycles. The molecule has 0 aliphatic heterocycles. The molecule has 0 unspecified atom stereocenters. The number of hydrogen-bond donors (Lipinski definition) is 1. The summed E-state index contributed by atoms with van der Waals surface area (Å²) in [6, 6.07) is 11.8. The molecule has 2 aromatic rings. The smallest absolute Gasteiger partial charge is 0.309 e. The van der Waals surface area contributed by atoms with Crippen LogP contribution in [0.5, 0.6) is 0 Å². The third-order valence-corrected chi connectivity index (χ3v) is 3.25. The molecule has 4 nitrogen and oxygen atoms in total. The number of hydrogen-bond acceptors (Lipinski definition) is 4. The average molecular weight is 273 g/mol. The maximum atomic E-state index is 11.4. The number of rotatable bonds is 6. The molecule has 2 rings (SSSR count). The monoisotopic (exact) mass is 273 g/mol. The van der Waals surface area contributed by atoms with Crippen LogP contribution in [0, 0.1) is 0 Å². The third-order valence-electron chi connectivity index (χ3n) is 3.25. The Bertz CT molecular complexity index is 549. The first kappa shape index (κ1) is 14.3. The molecule has 4 heteroatoms. The minimum Gasteiger partial charge on any atom is -0.469 e. The number of ether oxygens (including phenoxy) is 1. The third kappa shape index (κ3) is 3.71. The van der Waals surface area contributed by atoms with Gasteiger partial charge in [0.05, 0.1) is 25.8 Å². The highest BCUT2D eigenvalue weighted by atomic mass is 16.5. The second kappa shape index (κ2) is 6.91. The van der Waals surface area contributed by atoms with Crippen LogP contribution in [-0.2, 0) is 22.5 Å². The van der Waals surface area contributed by atoms with E-state index in [1.807, 2.05) is 43.3 Å². The summed E-state index contributed by atoms with van der Waals surface area (Å²) in [5.41, 5.74) is 2.08. The Balaban J connectivity index is 2.00. The highest BCUT2D eigenvalue weighted by Gasteiger charge is 2.10. The van der Waals surface area contributed by atoms with Crippen LogP contribution in [0.4, 0.5) is 0 Å². The van der Waals surface area contributed by atoms with E-state index in [9.17, 15) is 4.79 Å². The first-order valence-electron chi connectivity index (χ1n) is 6.61. The maximum absolute atomic E-state index is 11.4. The predicted molar refractivity (Wildman–Crippen MR) is 76.1 cm³/mol. The molecule has 20 heavy (non-hydrogen) atoms. The molecule has 1 aromatic heterocycles. The summed E-state index contributed by atoms with van der Waals surface area (Å²) >= 11 is 0. The Morgan fingerprint density at radius 2 is 2.00 bits per heavy atom. The molecule has 0 fully saturated rings. The Hall–Kier alpha value is -2.07. The fraction of sp³-hybridized carbons (Fsp3) is 0.312. The van der Waals surface area contributed by atoms with Crippen LogP contribution in [0.25, 0.3) is 0 Å². The molecule has 1 N–H and O–H groups in total. The van der Waals surface area contributed by atoms with Crippen LogP contribution in [0.1, 0.15) is 29.9 Å². The first-order valence-corrected chi connectivity index (χ1v) is 6.61. The van der Waals surface area contributed by atoms with Gasteiger partial charge >= 0.3 is 5.97 Å². The van der Waals surface area contributed by atoms with Crippen LogP contribution in [-0.4, -0.2) is 13.1 Å². The van der Waals surface area contributed by atoms with Gasteiger partial charge in [0.2, 0.25) is 0 Å². The molecule has 1 heterocycles. The average Bonchev–Trinajstić information content (AvgIpc) is 3.00. The van der Waals surface area contributed by atoms with Gasteiger partial charge in [0.25, 0.3) is 0 Å². The normalized spacial score (nSPS) is 12.1. The quantitative estimate of drug-likeness (QED) is 0.822. The van der Waals surface area contributed by atoms with Crippen molar-refractivity contribution in [2.75, 3.05) is 7.11 Å². The number of furan rings is 1. The Labute approximate surface area is 118 Å². The van der Waals surface area contributed by atoms with Crippen molar-refractivity contribution in [3.8, 4) is 0 Å². The van der Waals surface area contributed by atoms with E-state index in [1.165, 1.54) is 7.11 Å². The van der Waals surface area contributed by atoms with Gasteiger partial charge in [-0.15, -0.1) is 0 Å². The second-order valence-corrected chi connectivity index (χ2v) is 4.64. The van der Waals surface area contributed by atoms with Crippen LogP contribution in [0.2, 0.25) is 0 Å². The number of nitrogens with one attached hydrogen (secondary N) is 1. The topological polar surface area (TPSA) is 51.5 Å². The number of carbonyl (C=O) groups is 1. The van der Waals surface area contributed by atoms with Crippen molar-refractivity contribution in [1.82, 2.24) is 5.32 Å². The van der Waals surface area contributed by atoms with Crippen molar-refractivity contribution >= 4 is 5.97 Å². The number of benzene rings is 1. The summed E-state index contributed by atoms with van der Waals surface area (Å²) in [7, 11) is 1.40. The summed E-state index contributed by atoms with van der Waals surface area (Å²) in [6.45, 7) is 2.72. The molecule has 0 aliphatic carbocycles. The van der Waals surface area contributed by atoms with Crippen molar-refractivity contribution in [2.45, 2.75) is 25.9 Å². The van der Waals surface area contributed by atoms with Crippen LogP contribution in [0.15, 0.2) is 47.1 Å². The largest absolute Gasteiger partial charge is 0.469 e. The fourth-order valence-electron chi connectivity index (χ4n) is 2.03. The summed E-state index contributed by atoms with van der Waals surface area (Å²) in [6.07, 6.45) is 1.96. The van der Waals surface area contributed by atoms with Crippen molar-refractivity contribution in [3.05, 3.63) is 59.5 Å². The summed E-state index contributed by atoms with van der Waals surface area (Å²) in [5.74, 6) is 0.673. The fourth-order valence-corrected chi connectivity index (χ4v) is 2.03. The number of carbonyl (C=O) groups excluding carboxylic acids is 1. The molecule has 0 bridgehead atoms. The van der Waals surface area contributed by atoms with Crippen LogP contribution >= 0.6 is 0 Å². The molecule has 0 spiro atoms. The molecule has 0 radical (unpaired) electrons. The van der Waals surface area contributed by atoms with E-state index in [-0.39, 0.29) is 12.0 Å². The van der Waals surface area contributed by atoms with Crippen molar-refractivity contribution in [3.63, 3.8) is 0 Å². The van der Waals surface area contributed by atoms with Crippen molar-refractivity contribution in [1.29, 1.82) is 0 Å². The Kier molecular flexibility index (Phi) is 4.96. The molecule has 1 atom stereocenters. The lowest BCUT2D eigenvalue weighted by molar-refractivity contribution is -0.139. The maximum Gasteiger partial charge on any atom is 0.309 e. The molecular formula is C16H19NO3. The highest BCUT2D eigenvalue weighted by molar-refractivity contribution is 5.72. The van der Waals surface area contributed by atoms with E-state index in [2.05, 4.69) is 5.32 Å². The summed E-state index contributed by atoms with van der Waals surface area (Å²) in [4.78, 5) is 11.4. The predicted octanol–water partition coefficient (Wildman–Crippen LogP) is 2.85. The lowest BCUT2D eigenvalue weighted by Crippen LogP contribution is -2.19. The van der Waals surface area contributed by atoms with Gasteiger partial charge in [-0.25, -0.2) is 0 Å². The zero-order valence-corrected chi connectivity index (χ0v) is 11.8. The molecule has 1 aromatic carbocycles.